The summed E-state index contributed by atoms with van der Waals surface area (Å²) in [6, 6.07) is 19.8. The van der Waals surface area contributed by atoms with Gasteiger partial charge >= 0.3 is 0 Å². The number of nitrogens with one attached hydrogen (secondary N) is 3. The maximum Gasteiger partial charge on any atom is 0.261 e. The third-order valence-electron chi connectivity index (χ3n) is 4.52. The van der Waals surface area contributed by atoms with Gasteiger partial charge in [0.1, 0.15) is 0 Å². The standard InChI is InChI=1S/C24H23N3O5S2/c1-31-21-14-8-17(16-22(21)32-2)9-15-23(28)26-24(33)25-18-10-12-20(13-11-18)34(29,30)27-19-6-4-3-5-7-19/h3-16,27H,1-2H3,(H2,25,26,28,33)/b15-9+. The first-order valence-electron chi connectivity index (χ1n) is 10.0. The van der Waals surface area contributed by atoms with Gasteiger partial charge in [-0.1, -0.05) is 24.3 Å². The van der Waals surface area contributed by atoms with E-state index < -0.39 is 15.9 Å². The van der Waals surface area contributed by atoms with Crippen molar-refractivity contribution >= 4 is 50.7 Å². The van der Waals surface area contributed by atoms with E-state index in [4.69, 9.17) is 21.7 Å². The van der Waals surface area contributed by atoms with E-state index in [9.17, 15) is 13.2 Å². The van der Waals surface area contributed by atoms with Crippen molar-refractivity contribution in [2.24, 2.45) is 0 Å². The number of rotatable bonds is 8. The van der Waals surface area contributed by atoms with Crippen molar-refractivity contribution in [3.8, 4) is 11.5 Å². The Morgan fingerprint density at radius 2 is 1.56 bits per heavy atom. The van der Waals surface area contributed by atoms with Crippen LogP contribution in [0.2, 0.25) is 0 Å². The number of hydrogen-bond donors (Lipinski definition) is 3. The van der Waals surface area contributed by atoms with Crippen LogP contribution in [0.5, 0.6) is 11.5 Å². The Labute approximate surface area is 203 Å². The zero-order valence-corrected chi connectivity index (χ0v) is 20.1. The van der Waals surface area contributed by atoms with E-state index in [0.717, 1.165) is 5.56 Å². The molecule has 0 saturated heterocycles. The number of thiocarbonyl (C=S) groups is 1. The molecule has 10 heteroatoms. The fourth-order valence-corrected chi connectivity index (χ4v) is 4.16. The molecule has 3 N–H and O–H groups in total. The zero-order chi connectivity index (χ0) is 24.6. The third kappa shape index (κ3) is 6.80. The number of para-hydroxylation sites is 1. The topological polar surface area (TPSA) is 106 Å². The summed E-state index contributed by atoms with van der Waals surface area (Å²) in [7, 11) is -0.651. The van der Waals surface area contributed by atoms with Crippen LogP contribution < -0.4 is 24.8 Å². The molecule has 0 bridgehead atoms. The first kappa shape index (κ1) is 24.7. The summed E-state index contributed by atoms with van der Waals surface area (Å²) >= 11 is 5.16. The second-order valence-corrected chi connectivity index (χ2v) is 8.98. The van der Waals surface area contributed by atoms with Crippen molar-refractivity contribution in [2.75, 3.05) is 24.3 Å². The highest BCUT2D eigenvalue weighted by molar-refractivity contribution is 7.92. The molecule has 0 unspecified atom stereocenters. The predicted molar refractivity (Wildman–Crippen MR) is 137 cm³/mol. The molecule has 34 heavy (non-hydrogen) atoms. The number of anilines is 2. The van der Waals surface area contributed by atoms with Crippen molar-refractivity contribution in [2.45, 2.75) is 4.90 Å². The molecule has 0 aliphatic rings. The molecule has 1 amide bonds. The van der Waals surface area contributed by atoms with Crippen molar-refractivity contribution < 1.29 is 22.7 Å². The largest absolute Gasteiger partial charge is 0.493 e. The Morgan fingerprint density at radius 3 is 2.21 bits per heavy atom. The zero-order valence-electron chi connectivity index (χ0n) is 18.4. The van der Waals surface area contributed by atoms with Gasteiger partial charge < -0.3 is 14.8 Å². The minimum absolute atomic E-state index is 0.0694. The molecule has 3 aromatic rings. The van der Waals surface area contributed by atoms with E-state index in [1.54, 1.807) is 73.8 Å². The van der Waals surface area contributed by atoms with Crippen LogP contribution in [0.15, 0.2) is 83.8 Å². The van der Waals surface area contributed by atoms with Crippen LogP contribution in [-0.4, -0.2) is 33.7 Å². The van der Waals surface area contributed by atoms with Crippen LogP contribution in [-0.2, 0) is 14.8 Å². The van der Waals surface area contributed by atoms with Crippen LogP contribution in [0, 0.1) is 0 Å². The molecule has 3 rings (SSSR count). The Kier molecular flexibility index (Phi) is 8.23. The van der Waals surface area contributed by atoms with Crippen LogP contribution >= 0.6 is 12.2 Å². The average Bonchev–Trinajstić information content (AvgIpc) is 2.83. The van der Waals surface area contributed by atoms with Gasteiger partial charge in [0, 0.05) is 17.5 Å². The number of carbonyl (C=O) groups excluding carboxylic acids is 1. The molecule has 3 aromatic carbocycles. The summed E-state index contributed by atoms with van der Waals surface area (Å²) in [6.07, 6.45) is 2.94. The molecule has 0 atom stereocenters. The van der Waals surface area contributed by atoms with Gasteiger partial charge in [-0.15, -0.1) is 0 Å². The molecule has 0 heterocycles. The maximum absolute atomic E-state index is 12.5. The van der Waals surface area contributed by atoms with Gasteiger partial charge in [0.15, 0.2) is 16.6 Å². The van der Waals surface area contributed by atoms with Crippen molar-refractivity contribution in [1.29, 1.82) is 0 Å². The Morgan fingerprint density at radius 1 is 0.882 bits per heavy atom. The lowest BCUT2D eigenvalue weighted by molar-refractivity contribution is -0.115. The fraction of sp³-hybridized carbons (Fsp3) is 0.0833. The highest BCUT2D eigenvalue weighted by Crippen LogP contribution is 2.28. The lowest BCUT2D eigenvalue weighted by Crippen LogP contribution is -2.32. The molecular formula is C24H23N3O5S2. The van der Waals surface area contributed by atoms with Crippen LogP contribution in [0.4, 0.5) is 11.4 Å². The molecule has 0 radical (unpaired) electrons. The van der Waals surface area contributed by atoms with Crippen molar-refractivity contribution in [1.82, 2.24) is 5.32 Å². The van der Waals surface area contributed by atoms with Gasteiger partial charge in [-0.2, -0.15) is 0 Å². The number of benzene rings is 3. The van der Waals surface area contributed by atoms with E-state index in [1.807, 2.05) is 0 Å². The van der Waals surface area contributed by atoms with Crippen molar-refractivity contribution in [3.05, 3.63) is 84.4 Å². The van der Waals surface area contributed by atoms with Gasteiger partial charge in [-0.05, 0) is 72.4 Å². The molecule has 0 fully saturated rings. The number of amides is 1. The first-order chi connectivity index (χ1) is 16.3. The Balaban J connectivity index is 1.56. The summed E-state index contributed by atoms with van der Waals surface area (Å²) in [5.74, 6) is 0.703. The Bertz CT molecular complexity index is 1290. The number of hydrogen-bond acceptors (Lipinski definition) is 6. The maximum atomic E-state index is 12.5. The van der Waals surface area contributed by atoms with Crippen LogP contribution in [0.25, 0.3) is 6.08 Å². The van der Waals surface area contributed by atoms with Gasteiger partial charge in [-0.25, -0.2) is 8.42 Å². The van der Waals surface area contributed by atoms with E-state index in [0.29, 0.717) is 22.9 Å². The fourth-order valence-electron chi connectivity index (χ4n) is 2.88. The van der Waals surface area contributed by atoms with E-state index in [2.05, 4.69) is 15.4 Å². The van der Waals surface area contributed by atoms with Gasteiger partial charge in [0.2, 0.25) is 5.91 Å². The van der Waals surface area contributed by atoms with E-state index >= 15 is 0 Å². The first-order valence-corrected chi connectivity index (χ1v) is 11.9. The second kappa shape index (κ2) is 11.3. The molecule has 0 aromatic heterocycles. The third-order valence-corrected chi connectivity index (χ3v) is 6.12. The molecule has 0 saturated carbocycles. The molecule has 0 spiro atoms. The minimum Gasteiger partial charge on any atom is -0.493 e. The molecule has 0 aliphatic carbocycles. The van der Waals surface area contributed by atoms with Crippen LogP contribution in [0.3, 0.4) is 0 Å². The summed E-state index contributed by atoms with van der Waals surface area (Å²) in [5, 5.41) is 5.45. The monoisotopic (exact) mass is 497 g/mol. The van der Waals surface area contributed by atoms with Crippen molar-refractivity contribution in [3.63, 3.8) is 0 Å². The molecule has 8 nitrogen and oxygen atoms in total. The normalized spacial score (nSPS) is 11.0. The van der Waals surface area contributed by atoms with Gasteiger partial charge in [0.25, 0.3) is 10.0 Å². The number of sulfonamides is 1. The van der Waals surface area contributed by atoms with Crippen LogP contribution in [0.1, 0.15) is 5.56 Å². The number of carbonyl (C=O) groups is 1. The second-order valence-electron chi connectivity index (χ2n) is 6.89. The molecule has 0 aliphatic heterocycles. The highest BCUT2D eigenvalue weighted by Gasteiger charge is 2.14. The smallest absolute Gasteiger partial charge is 0.261 e. The minimum atomic E-state index is -3.73. The Hall–Kier alpha value is -3.89. The number of methoxy groups -OCH3 is 2. The summed E-state index contributed by atoms with van der Waals surface area (Å²) in [6.45, 7) is 0. The quantitative estimate of drug-likeness (QED) is 0.319. The molecule has 176 valence electrons. The summed E-state index contributed by atoms with van der Waals surface area (Å²) in [5.41, 5.74) is 1.73. The lowest BCUT2D eigenvalue weighted by atomic mass is 10.2. The highest BCUT2D eigenvalue weighted by atomic mass is 32.2. The SMILES string of the molecule is COc1ccc(/C=C/C(=O)NC(=S)Nc2ccc(S(=O)(=O)Nc3ccccc3)cc2)cc1OC. The van der Waals surface area contributed by atoms with E-state index in [-0.39, 0.29) is 10.0 Å². The molecular weight excluding hydrogens is 474 g/mol. The van der Waals surface area contributed by atoms with Gasteiger partial charge in [-0.3, -0.25) is 14.8 Å². The van der Waals surface area contributed by atoms with E-state index in [1.165, 1.54) is 25.3 Å². The summed E-state index contributed by atoms with van der Waals surface area (Å²) < 4.78 is 38.0. The van der Waals surface area contributed by atoms with Gasteiger partial charge in [0.05, 0.1) is 19.1 Å². The number of ether oxygens (including phenoxy) is 2. The average molecular weight is 498 g/mol. The summed E-state index contributed by atoms with van der Waals surface area (Å²) in [4.78, 5) is 12.3. The lowest BCUT2D eigenvalue weighted by Gasteiger charge is -2.11. The predicted octanol–water partition coefficient (Wildman–Crippen LogP) is 4.03.